The molecular formula is C18H18N2O6. The molecule has 0 unspecified atom stereocenters. The zero-order valence-corrected chi connectivity index (χ0v) is 14.5. The Bertz CT molecular complexity index is 850. The lowest BCUT2D eigenvalue weighted by Crippen LogP contribution is -2.30. The number of rotatable bonds is 7. The van der Waals surface area contributed by atoms with Crippen molar-refractivity contribution in [2.75, 3.05) is 12.4 Å². The number of aryl methyl sites for hydroxylation is 1. The summed E-state index contributed by atoms with van der Waals surface area (Å²) in [5.74, 6) is -0.111. The van der Waals surface area contributed by atoms with Gasteiger partial charge in [-0.3, -0.25) is 19.7 Å². The standard InChI is InChI=1S/C18H18N2O6/c1-11-4-6-16(25-3)14(8-11)19-18(22)12(2)26-17-7-5-13(10-21)9-15(17)20(23)24/h4-10,12H,1-3H3,(H,19,22)/t12-/m1/s1. The van der Waals surface area contributed by atoms with Crippen LogP contribution in [0.5, 0.6) is 11.5 Å². The number of amides is 1. The van der Waals surface area contributed by atoms with E-state index in [1.165, 1.54) is 26.2 Å². The highest BCUT2D eigenvalue weighted by atomic mass is 16.6. The first-order valence-corrected chi connectivity index (χ1v) is 7.71. The Morgan fingerprint density at radius 3 is 2.54 bits per heavy atom. The highest BCUT2D eigenvalue weighted by Gasteiger charge is 2.22. The molecular weight excluding hydrogens is 340 g/mol. The summed E-state index contributed by atoms with van der Waals surface area (Å²) in [4.78, 5) is 33.6. The van der Waals surface area contributed by atoms with E-state index in [4.69, 9.17) is 9.47 Å². The number of nitro groups is 1. The molecule has 0 heterocycles. The van der Waals surface area contributed by atoms with Gasteiger partial charge in [0.05, 0.1) is 17.7 Å². The van der Waals surface area contributed by atoms with Gasteiger partial charge in [0.1, 0.15) is 12.0 Å². The van der Waals surface area contributed by atoms with Crippen molar-refractivity contribution < 1.29 is 24.0 Å². The zero-order chi connectivity index (χ0) is 19.3. The Kier molecular flexibility index (Phi) is 5.90. The number of nitrogens with one attached hydrogen (secondary N) is 1. The number of benzene rings is 2. The predicted octanol–water partition coefficient (Wildman–Crippen LogP) is 3.13. The Morgan fingerprint density at radius 2 is 1.92 bits per heavy atom. The summed E-state index contributed by atoms with van der Waals surface area (Å²) in [6.07, 6.45) is -0.516. The summed E-state index contributed by atoms with van der Waals surface area (Å²) in [5.41, 5.74) is 1.15. The smallest absolute Gasteiger partial charge is 0.311 e. The van der Waals surface area contributed by atoms with E-state index in [1.807, 2.05) is 13.0 Å². The van der Waals surface area contributed by atoms with E-state index >= 15 is 0 Å². The number of methoxy groups -OCH3 is 1. The van der Waals surface area contributed by atoms with Gasteiger partial charge in [0, 0.05) is 11.6 Å². The van der Waals surface area contributed by atoms with Crippen LogP contribution in [0.3, 0.4) is 0 Å². The van der Waals surface area contributed by atoms with E-state index in [1.54, 1.807) is 12.1 Å². The molecule has 26 heavy (non-hydrogen) atoms. The van der Waals surface area contributed by atoms with Crippen LogP contribution in [0.15, 0.2) is 36.4 Å². The molecule has 136 valence electrons. The number of aldehydes is 1. The summed E-state index contributed by atoms with van der Waals surface area (Å²) < 4.78 is 10.6. The van der Waals surface area contributed by atoms with Crippen LogP contribution in [0.25, 0.3) is 0 Å². The third kappa shape index (κ3) is 4.35. The maximum Gasteiger partial charge on any atom is 0.311 e. The lowest BCUT2D eigenvalue weighted by atomic mass is 10.2. The molecule has 0 aliphatic carbocycles. The number of anilines is 1. The number of carbonyl (C=O) groups is 2. The third-order valence-corrected chi connectivity index (χ3v) is 3.60. The average molecular weight is 358 g/mol. The second kappa shape index (κ2) is 8.11. The molecule has 8 heteroatoms. The second-order valence-electron chi connectivity index (χ2n) is 5.56. The van der Waals surface area contributed by atoms with Crippen molar-refractivity contribution in [3.05, 3.63) is 57.6 Å². The van der Waals surface area contributed by atoms with E-state index < -0.39 is 16.9 Å². The first kappa shape index (κ1) is 18.9. The topological polar surface area (TPSA) is 108 Å². The average Bonchev–Trinajstić information content (AvgIpc) is 2.62. The summed E-state index contributed by atoms with van der Waals surface area (Å²) in [5, 5.41) is 13.8. The molecule has 8 nitrogen and oxygen atoms in total. The molecule has 1 amide bonds. The molecule has 0 aliphatic rings. The van der Waals surface area contributed by atoms with Crippen molar-refractivity contribution in [2.45, 2.75) is 20.0 Å². The molecule has 0 saturated carbocycles. The van der Waals surface area contributed by atoms with Crippen LogP contribution in [0.2, 0.25) is 0 Å². The minimum absolute atomic E-state index is 0.0977. The first-order valence-electron chi connectivity index (χ1n) is 7.71. The predicted molar refractivity (Wildman–Crippen MR) is 94.9 cm³/mol. The molecule has 0 fully saturated rings. The maximum atomic E-state index is 12.4. The van der Waals surface area contributed by atoms with Crippen molar-refractivity contribution in [2.24, 2.45) is 0 Å². The Morgan fingerprint density at radius 1 is 1.23 bits per heavy atom. The molecule has 0 radical (unpaired) electrons. The molecule has 2 aromatic carbocycles. The fraction of sp³-hybridized carbons (Fsp3) is 0.222. The van der Waals surface area contributed by atoms with Gasteiger partial charge in [-0.1, -0.05) is 6.07 Å². The van der Waals surface area contributed by atoms with Gasteiger partial charge in [-0.25, -0.2) is 0 Å². The highest BCUT2D eigenvalue weighted by Crippen LogP contribution is 2.29. The van der Waals surface area contributed by atoms with Gasteiger partial charge in [0.2, 0.25) is 0 Å². The van der Waals surface area contributed by atoms with Crippen LogP contribution in [0, 0.1) is 17.0 Å². The summed E-state index contributed by atoms with van der Waals surface area (Å²) in [6, 6.07) is 9.07. The molecule has 1 N–H and O–H groups in total. The molecule has 2 rings (SSSR count). The van der Waals surface area contributed by atoms with Crippen molar-refractivity contribution in [3.8, 4) is 11.5 Å². The van der Waals surface area contributed by atoms with Gasteiger partial charge in [-0.05, 0) is 43.7 Å². The first-order chi connectivity index (χ1) is 12.3. The SMILES string of the molecule is COc1ccc(C)cc1NC(=O)[C@@H](C)Oc1ccc(C=O)cc1[N+](=O)[O-]. The molecule has 0 bridgehead atoms. The maximum absolute atomic E-state index is 12.4. The summed E-state index contributed by atoms with van der Waals surface area (Å²) in [6.45, 7) is 3.34. The normalized spacial score (nSPS) is 11.3. The van der Waals surface area contributed by atoms with Crippen LogP contribution in [0.1, 0.15) is 22.8 Å². The number of nitro benzene ring substituents is 1. The van der Waals surface area contributed by atoms with E-state index in [0.717, 1.165) is 11.6 Å². The molecule has 1 atom stereocenters. The Labute approximate surface area is 149 Å². The fourth-order valence-corrected chi connectivity index (χ4v) is 2.25. The van der Waals surface area contributed by atoms with Gasteiger partial charge in [-0.15, -0.1) is 0 Å². The third-order valence-electron chi connectivity index (χ3n) is 3.60. The fourth-order valence-electron chi connectivity index (χ4n) is 2.25. The van der Waals surface area contributed by atoms with Crippen molar-refractivity contribution in [3.63, 3.8) is 0 Å². The van der Waals surface area contributed by atoms with E-state index in [-0.39, 0.29) is 17.0 Å². The van der Waals surface area contributed by atoms with Crippen molar-refractivity contribution in [1.29, 1.82) is 0 Å². The van der Waals surface area contributed by atoms with Gasteiger partial charge in [-0.2, -0.15) is 0 Å². The van der Waals surface area contributed by atoms with Crippen molar-refractivity contribution >= 4 is 23.6 Å². The van der Waals surface area contributed by atoms with Gasteiger partial charge in [0.15, 0.2) is 11.9 Å². The highest BCUT2D eigenvalue weighted by molar-refractivity contribution is 5.95. The van der Waals surface area contributed by atoms with Gasteiger partial charge < -0.3 is 14.8 Å². The summed E-state index contributed by atoms with van der Waals surface area (Å²) >= 11 is 0. The van der Waals surface area contributed by atoms with Crippen molar-refractivity contribution in [1.82, 2.24) is 0 Å². The lowest BCUT2D eigenvalue weighted by Gasteiger charge is -2.16. The van der Waals surface area contributed by atoms with Crippen LogP contribution < -0.4 is 14.8 Å². The summed E-state index contributed by atoms with van der Waals surface area (Å²) in [7, 11) is 1.48. The van der Waals surface area contributed by atoms with E-state index in [2.05, 4.69) is 5.32 Å². The number of ether oxygens (including phenoxy) is 2. The molecule has 0 spiro atoms. The molecule has 2 aromatic rings. The van der Waals surface area contributed by atoms with Gasteiger partial charge >= 0.3 is 5.69 Å². The lowest BCUT2D eigenvalue weighted by molar-refractivity contribution is -0.386. The number of hydrogen-bond acceptors (Lipinski definition) is 6. The minimum atomic E-state index is -1.01. The number of nitrogens with zero attached hydrogens (tertiary/aromatic N) is 1. The van der Waals surface area contributed by atoms with Crippen LogP contribution in [-0.2, 0) is 4.79 Å². The second-order valence-corrected chi connectivity index (χ2v) is 5.56. The minimum Gasteiger partial charge on any atom is -0.495 e. The number of hydrogen-bond donors (Lipinski definition) is 1. The zero-order valence-electron chi connectivity index (χ0n) is 14.5. The monoisotopic (exact) mass is 358 g/mol. The van der Waals surface area contributed by atoms with Crippen LogP contribution in [-0.4, -0.2) is 30.3 Å². The van der Waals surface area contributed by atoms with Gasteiger partial charge in [0.25, 0.3) is 5.91 Å². The van der Waals surface area contributed by atoms with Crippen LogP contribution in [0.4, 0.5) is 11.4 Å². The van der Waals surface area contributed by atoms with E-state index in [0.29, 0.717) is 17.7 Å². The molecule has 0 saturated heterocycles. The van der Waals surface area contributed by atoms with E-state index in [9.17, 15) is 19.7 Å². The molecule has 0 aliphatic heterocycles. The van der Waals surface area contributed by atoms with Crippen LogP contribution >= 0.6 is 0 Å². The Balaban J connectivity index is 2.19. The quantitative estimate of drug-likeness (QED) is 0.463. The largest absolute Gasteiger partial charge is 0.495 e. The number of carbonyl (C=O) groups excluding carboxylic acids is 2. The Hall–Kier alpha value is -3.42. The molecule has 0 aromatic heterocycles.